The number of nitrogens with one attached hydrogen (secondary N) is 1. The molecule has 0 aliphatic carbocycles. The van der Waals surface area contributed by atoms with E-state index >= 15 is 0 Å². The summed E-state index contributed by atoms with van der Waals surface area (Å²) in [6.45, 7) is 4.03. The van der Waals surface area contributed by atoms with Crippen LogP contribution in [0.15, 0.2) is 30.6 Å². The monoisotopic (exact) mass is 394 g/mol. The number of aromatic nitrogens is 2. The van der Waals surface area contributed by atoms with Gasteiger partial charge in [0.15, 0.2) is 0 Å². The minimum absolute atomic E-state index is 0.0472. The van der Waals surface area contributed by atoms with Crippen molar-refractivity contribution < 1.29 is 19.1 Å². The van der Waals surface area contributed by atoms with Gasteiger partial charge >= 0.3 is 0 Å². The first kappa shape index (κ1) is 19.3. The zero-order chi connectivity index (χ0) is 19.8. The molecule has 0 saturated carbocycles. The van der Waals surface area contributed by atoms with E-state index in [9.17, 15) is 19.1 Å². The van der Waals surface area contributed by atoms with Crippen molar-refractivity contribution in [2.75, 3.05) is 11.4 Å². The molecule has 1 aliphatic rings. The highest BCUT2D eigenvalue weighted by Gasteiger charge is 2.51. The average molecular weight is 395 g/mol. The van der Waals surface area contributed by atoms with Gasteiger partial charge in [-0.2, -0.15) is 5.10 Å². The Labute approximate surface area is 160 Å². The van der Waals surface area contributed by atoms with Crippen LogP contribution in [-0.4, -0.2) is 38.8 Å². The third-order valence-electron chi connectivity index (χ3n) is 4.48. The van der Waals surface area contributed by atoms with Gasteiger partial charge in [-0.15, -0.1) is 0 Å². The van der Waals surface area contributed by atoms with E-state index in [1.54, 1.807) is 10.9 Å². The van der Waals surface area contributed by atoms with Crippen molar-refractivity contribution in [3.63, 3.8) is 0 Å². The van der Waals surface area contributed by atoms with Crippen molar-refractivity contribution in [1.29, 1.82) is 0 Å². The molecule has 2 aromatic rings. The molecule has 0 spiro atoms. The summed E-state index contributed by atoms with van der Waals surface area (Å²) in [5.74, 6) is -2.07. The van der Waals surface area contributed by atoms with Crippen molar-refractivity contribution in [3.8, 4) is 0 Å². The van der Waals surface area contributed by atoms with Crippen LogP contribution in [0, 0.1) is 5.82 Å². The Balaban J connectivity index is 1.70. The number of anilines is 1. The predicted octanol–water partition coefficient (Wildman–Crippen LogP) is 2.04. The number of nitrogens with zero attached hydrogens (tertiary/aromatic N) is 3. The normalized spacial score (nSPS) is 19.8. The van der Waals surface area contributed by atoms with Crippen molar-refractivity contribution >= 4 is 29.1 Å². The third-order valence-corrected chi connectivity index (χ3v) is 4.69. The lowest BCUT2D eigenvalue weighted by Gasteiger charge is -2.21. The molecule has 1 fully saturated rings. The van der Waals surface area contributed by atoms with Crippen LogP contribution < -0.4 is 10.2 Å². The molecule has 2 heterocycles. The number of rotatable bonds is 5. The van der Waals surface area contributed by atoms with Crippen LogP contribution in [0.1, 0.15) is 31.9 Å². The van der Waals surface area contributed by atoms with E-state index in [4.69, 9.17) is 11.6 Å². The molecule has 0 bridgehead atoms. The van der Waals surface area contributed by atoms with E-state index in [-0.39, 0.29) is 30.6 Å². The summed E-state index contributed by atoms with van der Waals surface area (Å²) >= 11 is 5.78. The van der Waals surface area contributed by atoms with Gasteiger partial charge in [0.25, 0.3) is 11.8 Å². The standard InChI is InChI=1S/C18H20ClFN4O3/c1-11(2)24-10-15(9-22-24)23-4-3-18(27,17(23)26)16(25)21-8-12-5-13(19)7-14(20)6-12/h5-7,9-11,27H,3-4,8H2,1-2H3,(H,21,25). The van der Waals surface area contributed by atoms with Gasteiger partial charge in [-0.3, -0.25) is 14.3 Å². The van der Waals surface area contributed by atoms with Crippen LogP contribution in [0.5, 0.6) is 0 Å². The predicted molar refractivity (Wildman–Crippen MR) is 97.8 cm³/mol. The van der Waals surface area contributed by atoms with Crippen molar-refractivity contribution in [3.05, 3.63) is 47.0 Å². The zero-order valence-electron chi connectivity index (χ0n) is 14.9. The Kier molecular flexibility index (Phi) is 5.21. The number of carbonyl (C=O) groups excluding carboxylic acids is 2. The molecule has 1 saturated heterocycles. The van der Waals surface area contributed by atoms with E-state index in [0.29, 0.717) is 11.3 Å². The minimum Gasteiger partial charge on any atom is -0.372 e. The van der Waals surface area contributed by atoms with Gasteiger partial charge in [-0.25, -0.2) is 4.39 Å². The number of hydrogen-bond donors (Lipinski definition) is 2. The highest BCUT2D eigenvalue weighted by molar-refractivity contribution is 6.30. The lowest BCUT2D eigenvalue weighted by molar-refractivity contribution is -0.149. The number of halogens is 2. The summed E-state index contributed by atoms with van der Waals surface area (Å²) in [4.78, 5) is 26.5. The average Bonchev–Trinajstić information content (AvgIpc) is 3.18. The Hall–Kier alpha value is -2.45. The third kappa shape index (κ3) is 3.81. The smallest absolute Gasteiger partial charge is 0.268 e. The maximum atomic E-state index is 13.4. The molecule has 1 unspecified atom stereocenters. The summed E-state index contributed by atoms with van der Waals surface area (Å²) in [5, 5.41) is 17.5. The van der Waals surface area contributed by atoms with Crippen LogP contribution >= 0.6 is 11.6 Å². The summed E-state index contributed by atoms with van der Waals surface area (Å²) in [6.07, 6.45) is 3.17. The van der Waals surface area contributed by atoms with E-state index in [1.807, 2.05) is 13.8 Å². The SMILES string of the molecule is CC(C)n1cc(N2CCC(O)(C(=O)NCc3cc(F)cc(Cl)c3)C2=O)cn1. The fourth-order valence-corrected chi connectivity index (χ4v) is 3.20. The molecule has 7 nitrogen and oxygen atoms in total. The number of amides is 2. The maximum Gasteiger partial charge on any atom is 0.268 e. The number of aliphatic hydroxyl groups is 1. The van der Waals surface area contributed by atoms with Crippen LogP contribution in [0.25, 0.3) is 0 Å². The molecule has 3 rings (SSSR count). The number of benzene rings is 1. The van der Waals surface area contributed by atoms with Gasteiger partial charge in [0.2, 0.25) is 5.60 Å². The largest absolute Gasteiger partial charge is 0.372 e. The van der Waals surface area contributed by atoms with Gasteiger partial charge < -0.3 is 15.3 Å². The Bertz CT molecular complexity index is 865. The maximum absolute atomic E-state index is 13.4. The molecule has 1 aromatic heterocycles. The molecule has 2 N–H and O–H groups in total. The van der Waals surface area contributed by atoms with Gasteiger partial charge in [0.1, 0.15) is 5.82 Å². The number of carbonyl (C=O) groups is 2. The molecule has 1 atom stereocenters. The highest BCUT2D eigenvalue weighted by Crippen LogP contribution is 2.29. The van der Waals surface area contributed by atoms with Crippen molar-refractivity contribution in [2.24, 2.45) is 0 Å². The molecular formula is C18H20ClFN4O3. The van der Waals surface area contributed by atoms with Gasteiger partial charge in [0.05, 0.1) is 11.9 Å². The fourth-order valence-electron chi connectivity index (χ4n) is 2.95. The molecule has 1 aliphatic heterocycles. The van der Waals surface area contributed by atoms with Crippen LogP contribution in [0.2, 0.25) is 5.02 Å². The highest BCUT2D eigenvalue weighted by atomic mass is 35.5. The summed E-state index contributed by atoms with van der Waals surface area (Å²) in [6, 6.07) is 3.99. The number of hydrogen-bond acceptors (Lipinski definition) is 4. The Morgan fingerprint density at radius 3 is 2.81 bits per heavy atom. The van der Waals surface area contributed by atoms with E-state index < -0.39 is 23.2 Å². The van der Waals surface area contributed by atoms with Crippen LogP contribution in [0.3, 0.4) is 0 Å². The lowest BCUT2D eigenvalue weighted by Crippen LogP contribution is -2.52. The molecule has 27 heavy (non-hydrogen) atoms. The summed E-state index contributed by atoms with van der Waals surface area (Å²) < 4.78 is 15.1. The zero-order valence-corrected chi connectivity index (χ0v) is 15.7. The topological polar surface area (TPSA) is 87.5 Å². The molecule has 9 heteroatoms. The first-order chi connectivity index (χ1) is 12.7. The van der Waals surface area contributed by atoms with Crippen LogP contribution in [0.4, 0.5) is 10.1 Å². The van der Waals surface area contributed by atoms with Gasteiger partial charge in [-0.1, -0.05) is 11.6 Å². The minimum atomic E-state index is -2.17. The first-order valence-electron chi connectivity index (χ1n) is 8.52. The summed E-state index contributed by atoms with van der Waals surface area (Å²) in [7, 11) is 0. The van der Waals surface area contributed by atoms with Crippen molar-refractivity contribution in [2.45, 2.75) is 38.5 Å². The Morgan fingerprint density at radius 2 is 2.19 bits per heavy atom. The van der Waals surface area contributed by atoms with Gasteiger partial charge in [-0.05, 0) is 37.6 Å². The van der Waals surface area contributed by atoms with E-state index in [1.165, 1.54) is 23.2 Å². The van der Waals surface area contributed by atoms with E-state index in [0.717, 1.165) is 6.07 Å². The quantitative estimate of drug-likeness (QED) is 0.760. The molecule has 2 amide bonds. The second-order valence-electron chi connectivity index (χ2n) is 6.80. The molecule has 0 radical (unpaired) electrons. The molecular weight excluding hydrogens is 375 g/mol. The fraction of sp³-hybridized carbons (Fsp3) is 0.389. The van der Waals surface area contributed by atoms with Gasteiger partial charge in [0, 0.05) is 36.8 Å². The second-order valence-corrected chi connectivity index (χ2v) is 7.24. The van der Waals surface area contributed by atoms with Crippen molar-refractivity contribution in [1.82, 2.24) is 15.1 Å². The lowest BCUT2D eigenvalue weighted by atomic mass is 10.0. The first-order valence-corrected chi connectivity index (χ1v) is 8.90. The Morgan fingerprint density at radius 1 is 1.44 bits per heavy atom. The van der Waals surface area contributed by atoms with E-state index in [2.05, 4.69) is 10.4 Å². The van der Waals surface area contributed by atoms with Crippen LogP contribution in [-0.2, 0) is 16.1 Å². The second kappa shape index (κ2) is 7.28. The molecule has 144 valence electrons. The summed E-state index contributed by atoms with van der Waals surface area (Å²) in [5.41, 5.74) is -1.22. The molecule has 1 aromatic carbocycles.